The lowest BCUT2D eigenvalue weighted by Gasteiger charge is -2.28. The molecule has 0 spiro atoms. The van der Waals surface area contributed by atoms with E-state index in [9.17, 15) is 4.79 Å². The molecule has 132 valence electrons. The SMILES string of the molecule is CCc1noc(CN2C[C@@H]3CN(C(C)=O)[C@@H](c4ccccc4)[C@@H]3C2)n1. The van der Waals surface area contributed by atoms with Crippen molar-refractivity contribution >= 4 is 5.91 Å². The molecule has 1 amide bonds. The van der Waals surface area contributed by atoms with Gasteiger partial charge in [-0.3, -0.25) is 9.69 Å². The van der Waals surface area contributed by atoms with Gasteiger partial charge in [0, 0.05) is 38.9 Å². The molecule has 3 atom stereocenters. The Morgan fingerprint density at radius 1 is 1.24 bits per heavy atom. The molecule has 2 fully saturated rings. The standard InChI is InChI=1S/C19H24N4O2/c1-3-17-20-18(25-21-17)12-22-9-15-10-23(13(2)24)19(16(15)11-22)14-7-5-4-6-8-14/h4-8,15-16,19H,3,9-12H2,1-2H3/t15-,16-,19+/m1/s1. The average Bonchev–Trinajstić information content (AvgIpc) is 3.29. The van der Waals surface area contributed by atoms with Crippen LogP contribution in [0.3, 0.4) is 0 Å². The van der Waals surface area contributed by atoms with Crippen molar-refractivity contribution in [1.29, 1.82) is 0 Å². The smallest absolute Gasteiger partial charge is 0.240 e. The molecular weight excluding hydrogens is 316 g/mol. The van der Waals surface area contributed by atoms with E-state index in [1.807, 2.05) is 17.9 Å². The number of aryl methyl sites for hydroxylation is 1. The number of fused-ring (bicyclic) bond motifs is 1. The first kappa shape index (κ1) is 16.3. The molecule has 4 rings (SSSR count). The van der Waals surface area contributed by atoms with E-state index in [0.717, 1.165) is 31.9 Å². The summed E-state index contributed by atoms with van der Waals surface area (Å²) in [6.07, 6.45) is 0.790. The second-order valence-corrected chi connectivity index (χ2v) is 7.10. The molecule has 0 radical (unpaired) electrons. The number of rotatable bonds is 4. The van der Waals surface area contributed by atoms with Crippen molar-refractivity contribution in [2.45, 2.75) is 32.9 Å². The van der Waals surface area contributed by atoms with Crippen LogP contribution in [0.25, 0.3) is 0 Å². The molecule has 2 saturated heterocycles. The third-order valence-electron chi connectivity index (χ3n) is 5.47. The highest BCUT2D eigenvalue weighted by Gasteiger charge is 2.48. The van der Waals surface area contributed by atoms with Crippen LogP contribution < -0.4 is 0 Å². The van der Waals surface area contributed by atoms with E-state index in [1.54, 1.807) is 6.92 Å². The molecule has 1 aromatic heterocycles. The Kier molecular flexibility index (Phi) is 4.29. The summed E-state index contributed by atoms with van der Waals surface area (Å²) in [5.74, 6) is 2.58. The molecule has 6 nitrogen and oxygen atoms in total. The monoisotopic (exact) mass is 340 g/mol. The maximum Gasteiger partial charge on any atom is 0.240 e. The van der Waals surface area contributed by atoms with Gasteiger partial charge in [0.25, 0.3) is 0 Å². The zero-order valence-corrected chi connectivity index (χ0v) is 14.8. The lowest BCUT2D eigenvalue weighted by molar-refractivity contribution is -0.130. The van der Waals surface area contributed by atoms with Gasteiger partial charge in [-0.15, -0.1) is 0 Å². The van der Waals surface area contributed by atoms with Crippen LogP contribution in [0.1, 0.15) is 37.2 Å². The van der Waals surface area contributed by atoms with Gasteiger partial charge in [-0.1, -0.05) is 42.4 Å². The van der Waals surface area contributed by atoms with Crippen molar-refractivity contribution in [1.82, 2.24) is 19.9 Å². The van der Waals surface area contributed by atoms with Crippen LogP contribution >= 0.6 is 0 Å². The van der Waals surface area contributed by atoms with Gasteiger partial charge in [-0.2, -0.15) is 4.98 Å². The molecule has 3 heterocycles. The molecule has 0 unspecified atom stereocenters. The number of likely N-dealkylation sites (tertiary alicyclic amines) is 2. The first-order chi connectivity index (χ1) is 12.2. The highest BCUT2D eigenvalue weighted by Crippen LogP contribution is 2.45. The van der Waals surface area contributed by atoms with Crippen LogP contribution in [-0.2, 0) is 17.8 Å². The fourth-order valence-corrected chi connectivity index (χ4v) is 4.36. The predicted molar refractivity (Wildman–Crippen MR) is 92.5 cm³/mol. The maximum absolute atomic E-state index is 12.1. The molecule has 0 saturated carbocycles. The fourth-order valence-electron chi connectivity index (χ4n) is 4.36. The van der Waals surface area contributed by atoms with E-state index in [0.29, 0.717) is 24.3 Å². The van der Waals surface area contributed by atoms with E-state index >= 15 is 0 Å². The highest BCUT2D eigenvalue weighted by molar-refractivity contribution is 5.74. The lowest BCUT2D eigenvalue weighted by atomic mass is 9.89. The van der Waals surface area contributed by atoms with Crippen LogP contribution in [0.4, 0.5) is 0 Å². The Morgan fingerprint density at radius 3 is 2.72 bits per heavy atom. The normalized spacial score (nSPS) is 26.2. The topological polar surface area (TPSA) is 62.5 Å². The number of aromatic nitrogens is 2. The summed E-state index contributed by atoms with van der Waals surface area (Å²) in [6.45, 7) is 7.16. The molecule has 2 aromatic rings. The van der Waals surface area contributed by atoms with Gasteiger partial charge in [0.05, 0.1) is 12.6 Å². The van der Waals surface area contributed by atoms with Crippen molar-refractivity contribution in [2.24, 2.45) is 11.8 Å². The zero-order valence-electron chi connectivity index (χ0n) is 14.8. The summed E-state index contributed by atoms with van der Waals surface area (Å²) in [5.41, 5.74) is 1.23. The van der Waals surface area contributed by atoms with Gasteiger partial charge in [0.1, 0.15) is 0 Å². The van der Waals surface area contributed by atoms with Crippen LogP contribution in [0.5, 0.6) is 0 Å². The molecule has 1 aromatic carbocycles. The second kappa shape index (κ2) is 6.59. The molecule has 2 aliphatic rings. The molecule has 0 aliphatic carbocycles. The number of carbonyl (C=O) groups is 1. The fraction of sp³-hybridized carbons (Fsp3) is 0.526. The van der Waals surface area contributed by atoms with Gasteiger partial charge in [-0.05, 0) is 11.5 Å². The molecular formula is C19H24N4O2. The minimum atomic E-state index is 0.166. The summed E-state index contributed by atoms with van der Waals surface area (Å²) in [4.78, 5) is 21.0. The first-order valence-corrected chi connectivity index (χ1v) is 9.01. The number of amides is 1. The highest BCUT2D eigenvalue weighted by atomic mass is 16.5. The molecule has 25 heavy (non-hydrogen) atoms. The minimum absolute atomic E-state index is 0.166. The van der Waals surface area contributed by atoms with Gasteiger partial charge < -0.3 is 9.42 Å². The number of nitrogens with zero attached hydrogens (tertiary/aromatic N) is 4. The van der Waals surface area contributed by atoms with E-state index < -0.39 is 0 Å². The number of hydrogen-bond donors (Lipinski definition) is 0. The number of hydrogen-bond acceptors (Lipinski definition) is 5. The Labute approximate surface area is 147 Å². The summed E-state index contributed by atoms with van der Waals surface area (Å²) in [6, 6.07) is 10.6. The Hall–Kier alpha value is -2.21. The minimum Gasteiger partial charge on any atom is -0.338 e. The Bertz CT molecular complexity index is 745. The molecule has 6 heteroatoms. The van der Waals surface area contributed by atoms with E-state index in [2.05, 4.69) is 39.3 Å². The van der Waals surface area contributed by atoms with Crippen LogP contribution in [0, 0.1) is 11.8 Å². The lowest BCUT2D eigenvalue weighted by Crippen LogP contribution is -2.34. The van der Waals surface area contributed by atoms with Gasteiger partial charge in [0.15, 0.2) is 5.82 Å². The molecule has 0 bridgehead atoms. The van der Waals surface area contributed by atoms with Crippen molar-refractivity contribution < 1.29 is 9.32 Å². The van der Waals surface area contributed by atoms with E-state index in [-0.39, 0.29) is 11.9 Å². The van der Waals surface area contributed by atoms with Crippen LogP contribution in [-0.4, -0.2) is 45.5 Å². The molecule has 0 N–H and O–H groups in total. The largest absolute Gasteiger partial charge is 0.338 e. The van der Waals surface area contributed by atoms with Gasteiger partial charge >= 0.3 is 0 Å². The van der Waals surface area contributed by atoms with Crippen LogP contribution in [0.15, 0.2) is 34.9 Å². The third kappa shape index (κ3) is 3.06. The molecule has 2 aliphatic heterocycles. The summed E-state index contributed by atoms with van der Waals surface area (Å²) < 4.78 is 5.34. The maximum atomic E-state index is 12.1. The Morgan fingerprint density at radius 2 is 2.04 bits per heavy atom. The van der Waals surface area contributed by atoms with Gasteiger partial charge in [-0.25, -0.2) is 0 Å². The first-order valence-electron chi connectivity index (χ1n) is 9.01. The van der Waals surface area contributed by atoms with Crippen molar-refractivity contribution in [2.75, 3.05) is 19.6 Å². The Balaban J connectivity index is 1.51. The number of carbonyl (C=O) groups excluding carboxylic acids is 1. The van der Waals surface area contributed by atoms with Crippen molar-refractivity contribution in [3.63, 3.8) is 0 Å². The summed E-state index contributed by atoms with van der Waals surface area (Å²) >= 11 is 0. The second-order valence-electron chi connectivity index (χ2n) is 7.10. The van der Waals surface area contributed by atoms with Crippen molar-refractivity contribution in [3.8, 4) is 0 Å². The summed E-state index contributed by atoms with van der Waals surface area (Å²) in [5, 5.41) is 3.98. The van der Waals surface area contributed by atoms with Crippen molar-refractivity contribution in [3.05, 3.63) is 47.6 Å². The number of benzene rings is 1. The van der Waals surface area contributed by atoms with E-state index in [4.69, 9.17) is 4.52 Å². The van der Waals surface area contributed by atoms with Gasteiger partial charge in [0.2, 0.25) is 11.8 Å². The van der Waals surface area contributed by atoms with Crippen LogP contribution in [0.2, 0.25) is 0 Å². The zero-order chi connectivity index (χ0) is 17.4. The quantitative estimate of drug-likeness (QED) is 0.854. The average molecular weight is 340 g/mol. The third-order valence-corrected chi connectivity index (χ3v) is 5.47. The predicted octanol–water partition coefficient (Wildman–Crippen LogP) is 2.28. The van der Waals surface area contributed by atoms with E-state index in [1.165, 1.54) is 5.56 Å². The summed E-state index contributed by atoms with van der Waals surface area (Å²) in [7, 11) is 0.